The van der Waals surface area contributed by atoms with Crippen molar-refractivity contribution in [2.24, 2.45) is 5.92 Å². The molecule has 0 aliphatic heterocycles. The van der Waals surface area contributed by atoms with Crippen molar-refractivity contribution in [2.45, 2.75) is 38.6 Å². The number of aromatic nitrogens is 2. The third-order valence-corrected chi connectivity index (χ3v) is 3.08. The first-order valence-corrected chi connectivity index (χ1v) is 5.55. The van der Waals surface area contributed by atoms with Crippen LogP contribution in [0.4, 0.5) is 5.82 Å². The van der Waals surface area contributed by atoms with E-state index in [0.29, 0.717) is 0 Å². The Morgan fingerprint density at radius 3 is 2.62 bits per heavy atom. The number of hydrogen-bond donors (Lipinski definition) is 2. The summed E-state index contributed by atoms with van der Waals surface area (Å²) in [5, 5.41) is 9.75. The second kappa shape index (κ2) is 4.51. The van der Waals surface area contributed by atoms with Gasteiger partial charge in [-0.15, -0.1) is 0 Å². The van der Waals surface area contributed by atoms with E-state index < -0.39 is 0 Å². The SMILES string of the molecule is CC1CCC(NC(=O)c2nonc2N)CC1. The Kier molecular flexibility index (Phi) is 3.07. The van der Waals surface area contributed by atoms with Gasteiger partial charge in [-0.2, -0.15) is 0 Å². The Balaban J connectivity index is 1.91. The minimum absolute atomic E-state index is 0.0432. The van der Waals surface area contributed by atoms with Gasteiger partial charge < -0.3 is 11.1 Å². The van der Waals surface area contributed by atoms with Crippen LogP contribution >= 0.6 is 0 Å². The van der Waals surface area contributed by atoms with Gasteiger partial charge in [0.1, 0.15) is 0 Å². The van der Waals surface area contributed by atoms with Crippen molar-refractivity contribution >= 4 is 11.7 Å². The molecule has 1 aliphatic rings. The molecule has 1 amide bonds. The van der Waals surface area contributed by atoms with Crippen molar-refractivity contribution in [1.29, 1.82) is 0 Å². The third-order valence-electron chi connectivity index (χ3n) is 3.08. The highest BCUT2D eigenvalue weighted by molar-refractivity contribution is 5.96. The number of anilines is 1. The third kappa shape index (κ3) is 2.32. The summed E-state index contributed by atoms with van der Waals surface area (Å²) in [6.07, 6.45) is 4.32. The zero-order chi connectivity index (χ0) is 11.5. The van der Waals surface area contributed by atoms with Crippen molar-refractivity contribution in [3.05, 3.63) is 5.69 Å². The molecule has 1 aromatic rings. The van der Waals surface area contributed by atoms with Gasteiger partial charge in [-0.3, -0.25) is 4.79 Å². The summed E-state index contributed by atoms with van der Waals surface area (Å²) in [6.45, 7) is 2.23. The van der Waals surface area contributed by atoms with Crippen LogP contribution in [0.5, 0.6) is 0 Å². The van der Waals surface area contributed by atoms with Crippen molar-refractivity contribution in [2.75, 3.05) is 5.73 Å². The minimum Gasteiger partial charge on any atom is -0.379 e. The molecule has 1 heterocycles. The average Bonchev–Trinajstić information content (AvgIpc) is 2.68. The molecule has 0 unspecified atom stereocenters. The molecule has 88 valence electrons. The van der Waals surface area contributed by atoms with E-state index in [1.165, 1.54) is 0 Å². The first kappa shape index (κ1) is 10.9. The van der Waals surface area contributed by atoms with Crippen LogP contribution < -0.4 is 11.1 Å². The molecule has 2 rings (SSSR count). The molecule has 1 aromatic heterocycles. The number of nitrogens with two attached hydrogens (primary N) is 1. The second-order valence-corrected chi connectivity index (χ2v) is 4.43. The van der Waals surface area contributed by atoms with Crippen molar-refractivity contribution < 1.29 is 9.42 Å². The Labute approximate surface area is 93.5 Å². The zero-order valence-electron chi connectivity index (χ0n) is 9.27. The highest BCUT2D eigenvalue weighted by Gasteiger charge is 2.23. The topological polar surface area (TPSA) is 94.0 Å². The molecule has 0 bridgehead atoms. The Hall–Kier alpha value is -1.59. The van der Waals surface area contributed by atoms with Gasteiger partial charge in [-0.05, 0) is 41.9 Å². The van der Waals surface area contributed by atoms with Gasteiger partial charge in [0.25, 0.3) is 5.91 Å². The number of carbonyl (C=O) groups excluding carboxylic acids is 1. The monoisotopic (exact) mass is 224 g/mol. The van der Waals surface area contributed by atoms with Crippen LogP contribution in [0.25, 0.3) is 0 Å². The van der Waals surface area contributed by atoms with Gasteiger partial charge in [0.2, 0.25) is 11.5 Å². The molecule has 1 fully saturated rings. The van der Waals surface area contributed by atoms with E-state index >= 15 is 0 Å². The predicted molar refractivity (Wildman–Crippen MR) is 57.6 cm³/mol. The van der Waals surface area contributed by atoms with Crippen LogP contribution in [0.3, 0.4) is 0 Å². The largest absolute Gasteiger partial charge is 0.379 e. The van der Waals surface area contributed by atoms with Gasteiger partial charge in [-0.25, -0.2) is 4.63 Å². The molecule has 0 saturated heterocycles. The normalized spacial score (nSPS) is 25.3. The molecule has 0 radical (unpaired) electrons. The van der Waals surface area contributed by atoms with Crippen molar-refractivity contribution in [3.63, 3.8) is 0 Å². The fraction of sp³-hybridized carbons (Fsp3) is 0.700. The smallest absolute Gasteiger partial charge is 0.277 e. The fourth-order valence-electron chi connectivity index (χ4n) is 2.01. The lowest BCUT2D eigenvalue weighted by molar-refractivity contribution is 0.0913. The lowest BCUT2D eigenvalue weighted by Gasteiger charge is -2.26. The van der Waals surface area contributed by atoms with Crippen LogP contribution in [0.1, 0.15) is 43.1 Å². The van der Waals surface area contributed by atoms with E-state index in [2.05, 4.69) is 27.2 Å². The summed E-state index contributed by atoms with van der Waals surface area (Å²) < 4.78 is 4.39. The molecule has 1 saturated carbocycles. The lowest BCUT2D eigenvalue weighted by atomic mass is 9.87. The van der Waals surface area contributed by atoms with Gasteiger partial charge >= 0.3 is 0 Å². The lowest BCUT2D eigenvalue weighted by Crippen LogP contribution is -2.37. The molecule has 6 nitrogen and oxygen atoms in total. The zero-order valence-corrected chi connectivity index (χ0v) is 9.27. The van der Waals surface area contributed by atoms with Gasteiger partial charge in [0.15, 0.2) is 0 Å². The van der Waals surface area contributed by atoms with Gasteiger partial charge in [0.05, 0.1) is 0 Å². The van der Waals surface area contributed by atoms with E-state index in [1.807, 2.05) is 0 Å². The van der Waals surface area contributed by atoms with Gasteiger partial charge in [-0.1, -0.05) is 6.92 Å². The Bertz CT molecular complexity index is 369. The molecular weight excluding hydrogens is 208 g/mol. The van der Waals surface area contributed by atoms with Gasteiger partial charge in [0, 0.05) is 6.04 Å². The molecule has 0 aromatic carbocycles. The number of nitrogens with zero attached hydrogens (tertiary/aromatic N) is 2. The fourth-order valence-corrected chi connectivity index (χ4v) is 2.01. The molecule has 16 heavy (non-hydrogen) atoms. The van der Waals surface area contributed by atoms with Crippen molar-refractivity contribution in [1.82, 2.24) is 15.6 Å². The highest BCUT2D eigenvalue weighted by Crippen LogP contribution is 2.23. The standard InChI is InChI=1S/C10H16N4O2/c1-6-2-4-7(5-3-6)12-10(15)8-9(11)14-16-13-8/h6-7H,2-5H2,1H3,(H2,11,14)(H,12,15). The van der Waals surface area contributed by atoms with Crippen LogP contribution in [-0.2, 0) is 0 Å². The van der Waals surface area contributed by atoms with E-state index in [-0.39, 0.29) is 23.5 Å². The molecular formula is C10H16N4O2. The number of nitrogen functional groups attached to an aromatic ring is 1. The molecule has 3 N–H and O–H groups in total. The van der Waals surface area contributed by atoms with Crippen molar-refractivity contribution in [3.8, 4) is 0 Å². The Morgan fingerprint density at radius 2 is 2.06 bits per heavy atom. The summed E-state index contributed by atoms with van der Waals surface area (Å²) in [7, 11) is 0. The van der Waals surface area contributed by atoms with Crippen LogP contribution in [-0.4, -0.2) is 22.3 Å². The second-order valence-electron chi connectivity index (χ2n) is 4.43. The maximum Gasteiger partial charge on any atom is 0.277 e. The summed E-state index contributed by atoms with van der Waals surface area (Å²) in [5.41, 5.74) is 5.52. The van der Waals surface area contributed by atoms with Crippen LogP contribution in [0, 0.1) is 5.92 Å². The molecule has 0 spiro atoms. The summed E-state index contributed by atoms with van der Waals surface area (Å²) in [5.74, 6) is 0.506. The Morgan fingerprint density at radius 1 is 1.38 bits per heavy atom. The minimum atomic E-state index is -0.293. The summed E-state index contributed by atoms with van der Waals surface area (Å²) in [6, 6.07) is 0.222. The number of rotatable bonds is 2. The first-order chi connectivity index (χ1) is 7.66. The molecule has 0 atom stereocenters. The number of amides is 1. The van der Waals surface area contributed by atoms with Crippen LogP contribution in [0.15, 0.2) is 4.63 Å². The van der Waals surface area contributed by atoms with E-state index in [9.17, 15) is 4.79 Å². The summed E-state index contributed by atoms with van der Waals surface area (Å²) in [4.78, 5) is 11.7. The maximum absolute atomic E-state index is 11.7. The predicted octanol–water partition coefficient (Wildman–Crippen LogP) is 0.960. The summed E-state index contributed by atoms with van der Waals surface area (Å²) >= 11 is 0. The highest BCUT2D eigenvalue weighted by atomic mass is 16.6. The molecule has 6 heteroatoms. The van der Waals surface area contributed by atoms with E-state index in [4.69, 9.17) is 5.73 Å². The number of nitrogens with one attached hydrogen (secondary N) is 1. The number of carbonyl (C=O) groups is 1. The first-order valence-electron chi connectivity index (χ1n) is 5.55. The maximum atomic E-state index is 11.7. The molecule has 1 aliphatic carbocycles. The number of hydrogen-bond acceptors (Lipinski definition) is 5. The van der Waals surface area contributed by atoms with E-state index in [0.717, 1.165) is 31.6 Å². The quantitative estimate of drug-likeness (QED) is 0.780. The van der Waals surface area contributed by atoms with E-state index in [1.54, 1.807) is 0 Å². The average molecular weight is 224 g/mol. The van der Waals surface area contributed by atoms with Crippen LogP contribution in [0.2, 0.25) is 0 Å².